The maximum Gasteiger partial charge on any atom is 0.192 e. The van der Waals surface area contributed by atoms with Gasteiger partial charge < -0.3 is 14.3 Å². The summed E-state index contributed by atoms with van der Waals surface area (Å²) in [7, 11) is -1.77. The summed E-state index contributed by atoms with van der Waals surface area (Å²) in [6.07, 6.45) is 4.07. The minimum Gasteiger partial charge on any atom is -0.414 e. The minimum absolute atomic E-state index is 0.174. The standard InChI is InChI=1S/C19H32O3Si/c1-19(2,3)23(4,5)22-16-18(20)13-9-10-14-21-15-17-11-7-6-8-12-17/h6-12,18,20H,13-16H2,1-5H3/b10-9-. The van der Waals surface area contributed by atoms with Gasteiger partial charge in [-0.05, 0) is 30.1 Å². The lowest BCUT2D eigenvalue weighted by Crippen LogP contribution is -2.42. The molecule has 1 aromatic rings. The third kappa shape index (κ3) is 7.93. The van der Waals surface area contributed by atoms with E-state index in [9.17, 15) is 5.11 Å². The molecule has 0 spiro atoms. The first-order valence-corrected chi connectivity index (χ1v) is 11.2. The van der Waals surface area contributed by atoms with Crippen molar-refractivity contribution >= 4 is 8.32 Å². The molecule has 0 heterocycles. The largest absolute Gasteiger partial charge is 0.414 e. The van der Waals surface area contributed by atoms with Gasteiger partial charge in [-0.1, -0.05) is 63.3 Å². The van der Waals surface area contributed by atoms with Crippen molar-refractivity contribution in [3.05, 3.63) is 48.0 Å². The summed E-state index contributed by atoms with van der Waals surface area (Å²) in [4.78, 5) is 0. The van der Waals surface area contributed by atoms with Gasteiger partial charge in [-0.15, -0.1) is 0 Å². The van der Waals surface area contributed by atoms with Crippen molar-refractivity contribution < 1.29 is 14.3 Å². The molecule has 4 heteroatoms. The van der Waals surface area contributed by atoms with E-state index >= 15 is 0 Å². The van der Waals surface area contributed by atoms with Crippen molar-refractivity contribution in [2.75, 3.05) is 13.2 Å². The van der Waals surface area contributed by atoms with Crippen molar-refractivity contribution in [3.63, 3.8) is 0 Å². The monoisotopic (exact) mass is 336 g/mol. The highest BCUT2D eigenvalue weighted by molar-refractivity contribution is 6.74. The Bertz CT molecular complexity index is 463. The van der Waals surface area contributed by atoms with Crippen LogP contribution in [0.25, 0.3) is 0 Å². The van der Waals surface area contributed by atoms with E-state index in [0.717, 1.165) is 0 Å². The molecule has 1 unspecified atom stereocenters. The molecule has 0 saturated carbocycles. The van der Waals surface area contributed by atoms with Crippen LogP contribution in [0.15, 0.2) is 42.5 Å². The summed E-state index contributed by atoms with van der Waals surface area (Å²) in [5, 5.41) is 10.2. The van der Waals surface area contributed by atoms with Crippen LogP contribution < -0.4 is 0 Å². The normalized spacial score (nSPS) is 14.3. The molecule has 0 aliphatic heterocycles. The van der Waals surface area contributed by atoms with Crippen LogP contribution in [0, 0.1) is 0 Å². The number of benzene rings is 1. The fraction of sp³-hybridized carbons (Fsp3) is 0.579. The quantitative estimate of drug-likeness (QED) is 0.409. The van der Waals surface area contributed by atoms with E-state index in [1.54, 1.807) is 0 Å². The second kappa shape index (κ2) is 9.38. The molecular formula is C19H32O3Si. The molecule has 0 bridgehead atoms. The molecule has 23 heavy (non-hydrogen) atoms. The second-order valence-electron chi connectivity index (χ2n) is 7.43. The lowest BCUT2D eigenvalue weighted by Gasteiger charge is -2.36. The third-order valence-electron chi connectivity index (χ3n) is 4.34. The maximum atomic E-state index is 10.0. The highest BCUT2D eigenvalue weighted by Crippen LogP contribution is 2.36. The van der Waals surface area contributed by atoms with E-state index in [4.69, 9.17) is 9.16 Å². The summed E-state index contributed by atoms with van der Waals surface area (Å²) in [6, 6.07) is 10.1. The molecule has 0 radical (unpaired) electrons. The highest BCUT2D eigenvalue weighted by Gasteiger charge is 2.37. The predicted molar refractivity (Wildman–Crippen MR) is 99.0 cm³/mol. The van der Waals surface area contributed by atoms with E-state index in [0.29, 0.717) is 26.2 Å². The zero-order chi connectivity index (χ0) is 17.3. The molecule has 1 atom stereocenters. The van der Waals surface area contributed by atoms with Crippen LogP contribution >= 0.6 is 0 Å². The summed E-state index contributed by atoms with van der Waals surface area (Å²) in [6.45, 7) is 12.6. The van der Waals surface area contributed by atoms with Crippen molar-refractivity contribution in [1.82, 2.24) is 0 Å². The van der Waals surface area contributed by atoms with Crippen LogP contribution in [0.3, 0.4) is 0 Å². The first-order valence-electron chi connectivity index (χ1n) is 8.31. The van der Waals surface area contributed by atoms with Crippen molar-refractivity contribution in [2.24, 2.45) is 0 Å². The Kier molecular flexibility index (Phi) is 8.20. The topological polar surface area (TPSA) is 38.7 Å². The van der Waals surface area contributed by atoms with Gasteiger partial charge in [0.1, 0.15) is 0 Å². The molecular weight excluding hydrogens is 304 g/mol. The number of hydrogen-bond acceptors (Lipinski definition) is 3. The van der Waals surface area contributed by atoms with E-state index in [1.807, 2.05) is 42.5 Å². The number of hydrogen-bond donors (Lipinski definition) is 1. The van der Waals surface area contributed by atoms with Gasteiger partial charge >= 0.3 is 0 Å². The van der Waals surface area contributed by atoms with Gasteiger partial charge in [-0.25, -0.2) is 0 Å². The molecule has 1 aromatic carbocycles. The van der Waals surface area contributed by atoms with Crippen LogP contribution in [0.4, 0.5) is 0 Å². The van der Waals surface area contributed by atoms with Crippen molar-refractivity contribution in [3.8, 4) is 0 Å². The van der Waals surface area contributed by atoms with Crippen molar-refractivity contribution in [2.45, 2.75) is 58.0 Å². The zero-order valence-corrected chi connectivity index (χ0v) is 16.2. The molecule has 0 aliphatic carbocycles. The summed E-state index contributed by atoms with van der Waals surface area (Å²) >= 11 is 0. The predicted octanol–water partition coefficient (Wildman–Crippen LogP) is 4.53. The van der Waals surface area contributed by atoms with Gasteiger partial charge in [0.2, 0.25) is 0 Å². The van der Waals surface area contributed by atoms with Gasteiger partial charge in [-0.3, -0.25) is 0 Å². The molecule has 0 amide bonds. The van der Waals surface area contributed by atoms with E-state index < -0.39 is 14.4 Å². The first-order chi connectivity index (χ1) is 10.7. The van der Waals surface area contributed by atoms with E-state index in [-0.39, 0.29) is 5.04 Å². The molecule has 0 aliphatic rings. The van der Waals surface area contributed by atoms with Crippen molar-refractivity contribution in [1.29, 1.82) is 0 Å². The summed E-state index contributed by atoms with van der Waals surface area (Å²) in [5.74, 6) is 0. The molecule has 1 rings (SSSR count). The highest BCUT2D eigenvalue weighted by atomic mass is 28.4. The lowest BCUT2D eigenvalue weighted by molar-refractivity contribution is 0.102. The minimum atomic E-state index is -1.77. The first kappa shape index (κ1) is 20.1. The molecule has 0 aromatic heterocycles. The van der Waals surface area contributed by atoms with Crippen LogP contribution in [0.1, 0.15) is 32.8 Å². The number of aliphatic hydroxyl groups is 1. The Hall–Kier alpha value is -0.943. The molecule has 3 nitrogen and oxygen atoms in total. The number of rotatable bonds is 9. The number of aliphatic hydroxyl groups excluding tert-OH is 1. The van der Waals surface area contributed by atoms with Gasteiger partial charge in [0, 0.05) is 0 Å². The Balaban J connectivity index is 2.17. The van der Waals surface area contributed by atoms with Crippen LogP contribution in [0.5, 0.6) is 0 Å². The number of ether oxygens (including phenoxy) is 1. The fourth-order valence-corrected chi connectivity index (χ4v) is 2.77. The average molecular weight is 337 g/mol. The molecule has 0 fully saturated rings. The Morgan fingerprint density at radius 2 is 1.78 bits per heavy atom. The third-order valence-corrected chi connectivity index (χ3v) is 8.84. The van der Waals surface area contributed by atoms with Gasteiger partial charge in [-0.2, -0.15) is 0 Å². The second-order valence-corrected chi connectivity index (χ2v) is 12.2. The maximum absolute atomic E-state index is 10.0. The Morgan fingerprint density at radius 1 is 1.13 bits per heavy atom. The fourth-order valence-electron chi connectivity index (χ4n) is 1.73. The van der Waals surface area contributed by atoms with Crippen LogP contribution in [-0.2, 0) is 15.8 Å². The van der Waals surface area contributed by atoms with E-state index in [2.05, 4.69) is 33.9 Å². The van der Waals surface area contributed by atoms with Crippen LogP contribution in [-0.4, -0.2) is 32.7 Å². The molecule has 0 saturated heterocycles. The Labute approximate surface area is 142 Å². The molecule has 130 valence electrons. The lowest BCUT2D eigenvalue weighted by atomic mass is 10.2. The van der Waals surface area contributed by atoms with Gasteiger partial charge in [0.15, 0.2) is 8.32 Å². The van der Waals surface area contributed by atoms with Gasteiger partial charge in [0.05, 0.1) is 25.9 Å². The average Bonchev–Trinajstić information content (AvgIpc) is 2.48. The zero-order valence-electron chi connectivity index (χ0n) is 15.2. The smallest absolute Gasteiger partial charge is 0.192 e. The molecule has 1 N–H and O–H groups in total. The van der Waals surface area contributed by atoms with Crippen LogP contribution in [0.2, 0.25) is 18.1 Å². The van der Waals surface area contributed by atoms with Gasteiger partial charge in [0.25, 0.3) is 0 Å². The Morgan fingerprint density at radius 3 is 2.39 bits per heavy atom. The van der Waals surface area contributed by atoms with E-state index in [1.165, 1.54) is 5.56 Å². The summed E-state index contributed by atoms with van der Waals surface area (Å²) in [5.41, 5.74) is 1.17. The summed E-state index contributed by atoms with van der Waals surface area (Å²) < 4.78 is 11.6. The SMILES string of the molecule is CC(C)(C)[Si](C)(C)OCC(O)C/C=C\COCc1ccccc1.